The largest absolute Gasteiger partial charge is 0.436 e. The molecule has 100 valence electrons. The van der Waals surface area contributed by atoms with Crippen LogP contribution in [0.2, 0.25) is 0 Å². The number of nitrogens with one attached hydrogen (secondary N) is 1. The van der Waals surface area contributed by atoms with Crippen LogP contribution >= 0.6 is 0 Å². The zero-order valence-corrected chi connectivity index (χ0v) is 10.7. The number of amides is 1. The van der Waals surface area contributed by atoms with Crippen molar-refractivity contribution in [1.82, 2.24) is 4.98 Å². The first-order valence-electron chi connectivity index (χ1n) is 6.06. The second kappa shape index (κ2) is 4.77. The Bertz CT molecular complexity index is 795. The summed E-state index contributed by atoms with van der Waals surface area (Å²) >= 11 is 0. The van der Waals surface area contributed by atoms with Crippen molar-refractivity contribution in [2.45, 2.75) is 6.92 Å². The molecule has 3 rings (SSSR count). The van der Waals surface area contributed by atoms with Gasteiger partial charge in [-0.25, -0.2) is 9.37 Å². The number of nitrogens with zero attached hydrogens (tertiary/aromatic N) is 1. The zero-order valence-electron chi connectivity index (χ0n) is 10.7. The van der Waals surface area contributed by atoms with E-state index < -0.39 is 0 Å². The third-order valence-electron chi connectivity index (χ3n) is 2.81. The number of fused-ring (bicyclic) bond motifs is 1. The van der Waals surface area contributed by atoms with Crippen LogP contribution in [-0.4, -0.2) is 10.9 Å². The molecule has 1 aromatic heterocycles. The molecule has 3 aromatic rings. The van der Waals surface area contributed by atoms with Gasteiger partial charge in [0.2, 0.25) is 11.8 Å². The van der Waals surface area contributed by atoms with E-state index in [0.29, 0.717) is 22.4 Å². The van der Waals surface area contributed by atoms with Crippen molar-refractivity contribution in [3.8, 4) is 11.5 Å². The third kappa shape index (κ3) is 2.25. The Balaban J connectivity index is 2.07. The molecule has 0 radical (unpaired) electrons. The van der Waals surface area contributed by atoms with Crippen molar-refractivity contribution in [2.75, 3.05) is 5.32 Å². The Labute approximate surface area is 114 Å². The zero-order chi connectivity index (χ0) is 14.1. The van der Waals surface area contributed by atoms with Crippen LogP contribution < -0.4 is 5.32 Å². The quantitative estimate of drug-likeness (QED) is 0.774. The molecule has 0 bridgehead atoms. The van der Waals surface area contributed by atoms with Gasteiger partial charge in [-0.15, -0.1) is 0 Å². The summed E-state index contributed by atoms with van der Waals surface area (Å²) in [6, 6.07) is 11.4. The molecule has 1 amide bonds. The number of anilines is 1. The monoisotopic (exact) mass is 270 g/mol. The number of aromatic nitrogens is 1. The van der Waals surface area contributed by atoms with E-state index in [1.54, 1.807) is 36.4 Å². The van der Waals surface area contributed by atoms with E-state index in [1.807, 2.05) is 0 Å². The van der Waals surface area contributed by atoms with Crippen molar-refractivity contribution in [3.63, 3.8) is 0 Å². The first-order chi connectivity index (χ1) is 9.63. The molecule has 0 atom stereocenters. The maximum Gasteiger partial charge on any atom is 0.230 e. The van der Waals surface area contributed by atoms with Crippen LogP contribution in [0.3, 0.4) is 0 Å². The molecular formula is C15H11FN2O2. The van der Waals surface area contributed by atoms with E-state index in [0.717, 1.165) is 0 Å². The number of halogens is 1. The van der Waals surface area contributed by atoms with Gasteiger partial charge in [-0.1, -0.05) is 12.1 Å². The normalized spacial score (nSPS) is 10.7. The standard InChI is InChI=1S/C15H11FN2O2/c1-9(19)17-10-6-7-14-13(8-10)18-15(20-14)11-4-2-3-5-12(11)16/h2-8H,1H3,(H,17,19). The van der Waals surface area contributed by atoms with Gasteiger partial charge in [0.05, 0.1) is 5.56 Å². The van der Waals surface area contributed by atoms with E-state index in [1.165, 1.54) is 13.0 Å². The molecule has 1 N–H and O–H groups in total. The van der Waals surface area contributed by atoms with Gasteiger partial charge in [0.25, 0.3) is 0 Å². The summed E-state index contributed by atoms with van der Waals surface area (Å²) in [5, 5.41) is 2.66. The summed E-state index contributed by atoms with van der Waals surface area (Å²) < 4.78 is 19.2. The Morgan fingerprint density at radius 1 is 1.25 bits per heavy atom. The number of benzene rings is 2. The minimum Gasteiger partial charge on any atom is -0.436 e. The summed E-state index contributed by atoms with van der Waals surface area (Å²) in [6.45, 7) is 1.43. The molecular weight excluding hydrogens is 259 g/mol. The molecule has 5 heteroatoms. The number of hydrogen-bond donors (Lipinski definition) is 1. The molecule has 20 heavy (non-hydrogen) atoms. The van der Waals surface area contributed by atoms with Gasteiger partial charge in [-0.2, -0.15) is 0 Å². The average Bonchev–Trinajstić information content (AvgIpc) is 2.81. The Hall–Kier alpha value is -2.69. The van der Waals surface area contributed by atoms with E-state index in [4.69, 9.17) is 4.42 Å². The van der Waals surface area contributed by atoms with Gasteiger partial charge in [-0.05, 0) is 30.3 Å². The van der Waals surface area contributed by atoms with Crippen molar-refractivity contribution in [1.29, 1.82) is 0 Å². The van der Waals surface area contributed by atoms with Gasteiger partial charge in [0.1, 0.15) is 11.3 Å². The van der Waals surface area contributed by atoms with Gasteiger partial charge in [0.15, 0.2) is 5.58 Å². The van der Waals surface area contributed by atoms with Crippen LogP contribution in [0.15, 0.2) is 46.9 Å². The topological polar surface area (TPSA) is 55.1 Å². The smallest absolute Gasteiger partial charge is 0.230 e. The number of carbonyl (C=O) groups is 1. The second-order valence-electron chi connectivity index (χ2n) is 4.36. The molecule has 0 unspecified atom stereocenters. The molecule has 0 saturated carbocycles. The van der Waals surface area contributed by atoms with E-state index in [-0.39, 0.29) is 17.6 Å². The van der Waals surface area contributed by atoms with Crippen LogP contribution in [0.4, 0.5) is 10.1 Å². The van der Waals surface area contributed by atoms with Crippen LogP contribution in [0.25, 0.3) is 22.6 Å². The lowest BCUT2D eigenvalue weighted by Crippen LogP contribution is -2.05. The van der Waals surface area contributed by atoms with E-state index >= 15 is 0 Å². The molecule has 1 heterocycles. The maximum absolute atomic E-state index is 13.7. The van der Waals surface area contributed by atoms with Crippen molar-refractivity contribution in [3.05, 3.63) is 48.3 Å². The van der Waals surface area contributed by atoms with Crippen LogP contribution in [0, 0.1) is 5.82 Å². The number of rotatable bonds is 2. The minimum absolute atomic E-state index is 0.165. The van der Waals surface area contributed by atoms with Crippen molar-refractivity contribution in [2.24, 2.45) is 0 Å². The molecule has 0 fully saturated rings. The molecule has 0 saturated heterocycles. The Morgan fingerprint density at radius 2 is 2.05 bits per heavy atom. The molecule has 2 aromatic carbocycles. The highest BCUT2D eigenvalue weighted by molar-refractivity contribution is 5.91. The van der Waals surface area contributed by atoms with Gasteiger partial charge < -0.3 is 9.73 Å². The fourth-order valence-corrected chi connectivity index (χ4v) is 1.96. The summed E-state index contributed by atoms with van der Waals surface area (Å²) in [7, 11) is 0. The maximum atomic E-state index is 13.7. The molecule has 0 spiro atoms. The Morgan fingerprint density at radius 3 is 2.80 bits per heavy atom. The molecule has 0 aliphatic carbocycles. The highest BCUT2D eigenvalue weighted by Gasteiger charge is 2.12. The van der Waals surface area contributed by atoms with Crippen molar-refractivity contribution < 1.29 is 13.6 Å². The highest BCUT2D eigenvalue weighted by Crippen LogP contribution is 2.27. The summed E-state index contributed by atoms with van der Waals surface area (Å²) in [5.41, 5.74) is 2.04. The summed E-state index contributed by atoms with van der Waals surface area (Å²) in [5.74, 6) is -0.332. The van der Waals surface area contributed by atoms with Crippen molar-refractivity contribution >= 4 is 22.7 Å². The first-order valence-corrected chi connectivity index (χ1v) is 6.06. The summed E-state index contributed by atoms with van der Waals surface area (Å²) in [6.07, 6.45) is 0. The fourth-order valence-electron chi connectivity index (χ4n) is 1.96. The SMILES string of the molecule is CC(=O)Nc1ccc2oc(-c3ccccc3F)nc2c1. The van der Waals surface area contributed by atoms with Gasteiger partial charge in [0, 0.05) is 12.6 Å². The minimum atomic E-state index is -0.388. The number of hydrogen-bond acceptors (Lipinski definition) is 3. The van der Waals surface area contributed by atoms with Crippen LogP contribution in [0.5, 0.6) is 0 Å². The lowest BCUT2D eigenvalue weighted by molar-refractivity contribution is -0.114. The van der Waals surface area contributed by atoms with Crippen LogP contribution in [-0.2, 0) is 4.79 Å². The fraction of sp³-hybridized carbons (Fsp3) is 0.0667. The predicted octanol–water partition coefficient (Wildman–Crippen LogP) is 3.59. The summed E-state index contributed by atoms with van der Waals surface area (Å²) in [4.78, 5) is 15.3. The third-order valence-corrected chi connectivity index (χ3v) is 2.81. The van der Waals surface area contributed by atoms with E-state index in [2.05, 4.69) is 10.3 Å². The van der Waals surface area contributed by atoms with Crippen LogP contribution in [0.1, 0.15) is 6.92 Å². The highest BCUT2D eigenvalue weighted by atomic mass is 19.1. The van der Waals surface area contributed by atoms with Gasteiger partial charge in [-0.3, -0.25) is 4.79 Å². The average molecular weight is 270 g/mol. The molecule has 0 aliphatic heterocycles. The molecule has 4 nitrogen and oxygen atoms in total. The number of carbonyl (C=O) groups excluding carboxylic acids is 1. The first kappa shape index (κ1) is 12.3. The lowest BCUT2D eigenvalue weighted by Gasteiger charge is -1.99. The van der Waals surface area contributed by atoms with E-state index in [9.17, 15) is 9.18 Å². The lowest BCUT2D eigenvalue weighted by atomic mass is 10.2. The predicted molar refractivity (Wildman–Crippen MR) is 73.7 cm³/mol. The van der Waals surface area contributed by atoms with Gasteiger partial charge >= 0.3 is 0 Å². The second-order valence-corrected chi connectivity index (χ2v) is 4.36. The molecule has 0 aliphatic rings. The number of oxazole rings is 1. The Kier molecular flexibility index (Phi) is 2.95.